The zero-order valence-electron chi connectivity index (χ0n) is 18.9. The number of fused-ring (bicyclic) bond motifs is 1. The predicted octanol–water partition coefficient (Wildman–Crippen LogP) is 1.31. The Labute approximate surface area is 196 Å². The number of benzene rings is 1. The zero-order valence-corrected chi connectivity index (χ0v) is 18.9. The standard InChI is InChI=1S/C24H26FN5O4/c1-34-23-15(3-2-6-26-23)13-28-7-9-29(10-8-28)20-11-16-14-30(24(33)17(16)12-18(20)25)19-4-5-21(31)27-22(19)32/h2-3,6,11-12,19H,4-5,7-10,13-14H2,1H3,(H,27,31,32). The topological polar surface area (TPSA) is 95.1 Å². The molecule has 0 radical (unpaired) electrons. The van der Waals surface area contributed by atoms with Crippen molar-refractivity contribution < 1.29 is 23.5 Å². The molecule has 2 fully saturated rings. The third-order valence-corrected chi connectivity index (χ3v) is 6.74. The van der Waals surface area contributed by atoms with Crippen LogP contribution in [0.5, 0.6) is 5.88 Å². The second-order valence-corrected chi connectivity index (χ2v) is 8.80. The maximum atomic E-state index is 15.1. The van der Waals surface area contributed by atoms with Gasteiger partial charge in [-0.05, 0) is 30.2 Å². The van der Waals surface area contributed by atoms with Crippen molar-refractivity contribution in [1.82, 2.24) is 20.1 Å². The van der Waals surface area contributed by atoms with Crippen LogP contribution in [0.3, 0.4) is 0 Å². The van der Waals surface area contributed by atoms with Crippen LogP contribution >= 0.6 is 0 Å². The molecule has 1 unspecified atom stereocenters. The van der Waals surface area contributed by atoms with Crippen molar-refractivity contribution in [1.29, 1.82) is 0 Å². The van der Waals surface area contributed by atoms with Gasteiger partial charge in [-0.2, -0.15) is 0 Å². The highest BCUT2D eigenvalue weighted by Crippen LogP contribution is 2.33. The molecule has 178 valence electrons. The monoisotopic (exact) mass is 467 g/mol. The SMILES string of the molecule is COc1ncccc1CN1CCN(c2cc3c(cc2F)C(=O)N(C2CCC(=O)NC2=O)C3)CC1. The van der Waals surface area contributed by atoms with Crippen molar-refractivity contribution in [3.05, 3.63) is 53.0 Å². The normalized spacial score (nSPS) is 21.0. The van der Waals surface area contributed by atoms with E-state index < -0.39 is 17.8 Å². The number of anilines is 1. The fourth-order valence-electron chi connectivity index (χ4n) is 4.93. The van der Waals surface area contributed by atoms with E-state index in [1.165, 1.54) is 11.0 Å². The molecular weight excluding hydrogens is 441 g/mol. The van der Waals surface area contributed by atoms with E-state index in [1.54, 1.807) is 19.4 Å². The molecular formula is C24H26FN5O4. The number of hydrogen-bond donors (Lipinski definition) is 1. The molecule has 1 atom stereocenters. The summed E-state index contributed by atoms with van der Waals surface area (Å²) in [7, 11) is 1.60. The van der Waals surface area contributed by atoms with E-state index in [4.69, 9.17) is 4.74 Å². The zero-order chi connectivity index (χ0) is 23.8. The van der Waals surface area contributed by atoms with Crippen molar-refractivity contribution in [3.63, 3.8) is 0 Å². The molecule has 34 heavy (non-hydrogen) atoms. The number of ether oxygens (including phenoxy) is 1. The third kappa shape index (κ3) is 4.09. The summed E-state index contributed by atoms with van der Waals surface area (Å²) in [5.41, 5.74) is 2.46. The molecule has 1 aromatic carbocycles. The molecule has 3 amide bonds. The van der Waals surface area contributed by atoms with E-state index in [9.17, 15) is 14.4 Å². The molecule has 10 heteroatoms. The Bertz CT molecular complexity index is 1150. The lowest BCUT2D eigenvalue weighted by atomic mass is 10.0. The first kappa shape index (κ1) is 22.3. The smallest absolute Gasteiger partial charge is 0.255 e. The Kier molecular flexibility index (Phi) is 5.91. The second kappa shape index (κ2) is 9.02. The maximum absolute atomic E-state index is 15.1. The summed E-state index contributed by atoms with van der Waals surface area (Å²) < 4.78 is 20.4. The maximum Gasteiger partial charge on any atom is 0.255 e. The molecule has 2 aromatic rings. The van der Waals surface area contributed by atoms with Gasteiger partial charge in [0.1, 0.15) is 11.9 Å². The minimum Gasteiger partial charge on any atom is -0.481 e. The summed E-state index contributed by atoms with van der Waals surface area (Å²) >= 11 is 0. The number of amides is 3. The van der Waals surface area contributed by atoms with Crippen molar-refractivity contribution in [2.24, 2.45) is 0 Å². The van der Waals surface area contributed by atoms with Gasteiger partial charge in [-0.1, -0.05) is 6.07 Å². The average molecular weight is 468 g/mol. The highest BCUT2D eigenvalue weighted by atomic mass is 19.1. The van der Waals surface area contributed by atoms with Gasteiger partial charge >= 0.3 is 0 Å². The first-order valence-corrected chi connectivity index (χ1v) is 11.4. The van der Waals surface area contributed by atoms with Crippen LogP contribution in [0.25, 0.3) is 0 Å². The number of carbonyl (C=O) groups excluding carboxylic acids is 3. The third-order valence-electron chi connectivity index (χ3n) is 6.74. The molecule has 3 aliphatic rings. The van der Waals surface area contributed by atoms with Crippen LogP contribution in [0, 0.1) is 5.82 Å². The Morgan fingerprint density at radius 1 is 1.18 bits per heavy atom. The summed E-state index contributed by atoms with van der Waals surface area (Å²) in [4.78, 5) is 46.5. The van der Waals surface area contributed by atoms with E-state index in [-0.39, 0.29) is 36.8 Å². The Morgan fingerprint density at radius 2 is 1.97 bits per heavy atom. The second-order valence-electron chi connectivity index (χ2n) is 8.80. The number of pyridine rings is 1. The quantitative estimate of drug-likeness (QED) is 0.663. The van der Waals surface area contributed by atoms with Crippen LogP contribution in [0.15, 0.2) is 30.5 Å². The Morgan fingerprint density at radius 3 is 2.71 bits per heavy atom. The van der Waals surface area contributed by atoms with Gasteiger partial charge in [0.15, 0.2) is 0 Å². The Hall–Kier alpha value is -3.53. The predicted molar refractivity (Wildman–Crippen MR) is 121 cm³/mol. The van der Waals surface area contributed by atoms with Crippen molar-refractivity contribution >= 4 is 23.4 Å². The molecule has 5 rings (SSSR count). The average Bonchev–Trinajstić information content (AvgIpc) is 3.14. The lowest BCUT2D eigenvalue weighted by Crippen LogP contribution is -2.52. The van der Waals surface area contributed by atoms with Crippen molar-refractivity contribution in [3.8, 4) is 5.88 Å². The van der Waals surface area contributed by atoms with Gasteiger partial charge in [0.25, 0.3) is 5.91 Å². The first-order chi connectivity index (χ1) is 16.4. The Balaban J connectivity index is 1.27. The number of piperidine rings is 1. The van der Waals surface area contributed by atoms with Crippen LogP contribution in [-0.4, -0.2) is 71.8 Å². The van der Waals surface area contributed by atoms with E-state index in [2.05, 4.69) is 15.2 Å². The molecule has 1 aromatic heterocycles. The highest BCUT2D eigenvalue weighted by Gasteiger charge is 2.40. The number of piperazine rings is 1. The summed E-state index contributed by atoms with van der Waals surface area (Å²) in [6, 6.07) is 6.17. The van der Waals surface area contributed by atoms with E-state index in [0.717, 1.165) is 18.7 Å². The molecule has 3 aliphatic heterocycles. The van der Waals surface area contributed by atoms with Gasteiger partial charge in [-0.25, -0.2) is 9.37 Å². The minimum atomic E-state index is -0.711. The van der Waals surface area contributed by atoms with Gasteiger partial charge < -0.3 is 14.5 Å². The molecule has 4 heterocycles. The largest absolute Gasteiger partial charge is 0.481 e. The number of carbonyl (C=O) groups is 3. The van der Waals surface area contributed by atoms with Gasteiger partial charge in [-0.15, -0.1) is 0 Å². The lowest BCUT2D eigenvalue weighted by Gasteiger charge is -2.36. The molecule has 0 bridgehead atoms. The molecule has 0 aliphatic carbocycles. The molecule has 1 N–H and O–H groups in total. The fourth-order valence-corrected chi connectivity index (χ4v) is 4.93. The number of hydrogen-bond acceptors (Lipinski definition) is 7. The summed E-state index contributed by atoms with van der Waals surface area (Å²) in [6.45, 7) is 3.71. The van der Waals surface area contributed by atoms with Gasteiger partial charge in [-0.3, -0.25) is 24.6 Å². The van der Waals surface area contributed by atoms with Crippen molar-refractivity contribution in [2.75, 3.05) is 38.2 Å². The van der Waals surface area contributed by atoms with Crippen LogP contribution < -0.4 is 15.0 Å². The van der Waals surface area contributed by atoms with Gasteiger partial charge in [0, 0.05) is 63.0 Å². The van der Waals surface area contributed by atoms with Gasteiger partial charge in [0.2, 0.25) is 17.7 Å². The van der Waals surface area contributed by atoms with Crippen LogP contribution in [-0.2, 0) is 22.7 Å². The van der Waals surface area contributed by atoms with Crippen molar-refractivity contribution in [2.45, 2.75) is 32.0 Å². The fraction of sp³-hybridized carbons (Fsp3) is 0.417. The summed E-state index contributed by atoms with van der Waals surface area (Å²) in [6.07, 6.45) is 2.16. The van der Waals surface area contributed by atoms with E-state index in [1.807, 2.05) is 17.0 Å². The van der Waals surface area contributed by atoms with E-state index >= 15 is 4.39 Å². The number of methoxy groups -OCH3 is 1. The first-order valence-electron chi connectivity index (χ1n) is 11.4. The number of rotatable bonds is 5. The van der Waals surface area contributed by atoms with Crippen LogP contribution in [0.4, 0.5) is 10.1 Å². The number of imide groups is 1. The molecule has 9 nitrogen and oxygen atoms in total. The summed E-state index contributed by atoms with van der Waals surface area (Å²) in [5, 5.41) is 2.29. The molecule has 0 spiro atoms. The van der Waals surface area contributed by atoms with Gasteiger partial charge in [0.05, 0.1) is 12.8 Å². The highest BCUT2D eigenvalue weighted by molar-refractivity contribution is 6.05. The summed E-state index contributed by atoms with van der Waals surface area (Å²) in [5.74, 6) is -1.01. The molecule has 0 saturated carbocycles. The van der Waals surface area contributed by atoms with Crippen LogP contribution in [0.2, 0.25) is 0 Å². The lowest BCUT2D eigenvalue weighted by molar-refractivity contribution is -0.136. The number of aromatic nitrogens is 1. The van der Waals surface area contributed by atoms with Crippen LogP contribution in [0.1, 0.15) is 34.3 Å². The number of halogens is 1. The minimum absolute atomic E-state index is 0.186. The number of nitrogens with one attached hydrogen (secondary N) is 1. The molecule has 2 saturated heterocycles. The number of nitrogens with zero attached hydrogens (tertiary/aromatic N) is 4. The van der Waals surface area contributed by atoms with E-state index in [0.29, 0.717) is 36.8 Å².